The van der Waals surface area contributed by atoms with Crippen molar-refractivity contribution in [2.45, 2.75) is 49.1 Å². The number of hydrogen-bond donors (Lipinski definition) is 1. The van der Waals surface area contributed by atoms with E-state index in [1.54, 1.807) is 35.6 Å². The van der Waals surface area contributed by atoms with Crippen molar-refractivity contribution in [1.29, 1.82) is 0 Å². The van der Waals surface area contributed by atoms with E-state index < -0.39 is 10.0 Å². The zero-order chi connectivity index (χ0) is 18.4. The minimum atomic E-state index is -3.46. The van der Waals surface area contributed by atoms with Crippen molar-refractivity contribution in [3.8, 4) is 0 Å². The normalized spacial score (nSPS) is 21.0. The number of nitrogens with one attached hydrogen (secondary N) is 1. The second-order valence-corrected chi connectivity index (χ2v) is 8.98. The Bertz CT molecular complexity index is 778. The Hall–Kier alpha value is -1.69. The van der Waals surface area contributed by atoms with E-state index in [-0.39, 0.29) is 12.1 Å². The van der Waals surface area contributed by atoms with Gasteiger partial charge >= 0.3 is 0 Å². The summed E-state index contributed by atoms with van der Waals surface area (Å²) in [6.07, 6.45) is 5.12. The van der Waals surface area contributed by atoms with E-state index in [1.165, 1.54) is 5.56 Å². The molecule has 0 amide bonds. The molecule has 1 aliphatic carbocycles. The van der Waals surface area contributed by atoms with E-state index in [0.717, 1.165) is 38.6 Å². The molecule has 0 unspecified atom stereocenters. The maximum absolute atomic E-state index is 13.0. The molecule has 5 heteroatoms. The molecule has 2 atom stereocenters. The second kappa shape index (κ2) is 8.80. The van der Waals surface area contributed by atoms with E-state index >= 15 is 0 Å². The van der Waals surface area contributed by atoms with Gasteiger partial charge in [0.15, 0.2) is 0 Å². The van der Waals surface area contributed by atoms with Gasteiger partial charge in [-0.15, -0.1) is 0 Å². The third-order valence-corrected chi connectivity index (χ3v) is 7.18. The summed E-state index contributed by atoms with van der Waals surface area (Å²) in [5.41, 5.74) is 1.30. The fourth-order valence-electron chi connectivity index (χ4n) is 3.77. The monoisotopic (exact) mass is 372 g/mol. The van der Waals surface area contributed by atoms with E-state index in [4.69, 9.17) is 0 Å². The zero-order valence-electron chi connectivity index (χ0n) is 15.3. The van der Waals surface area contributed by atoms with E-state index in [1.807, 2.05) is 12.1 Å². The molecule has 0 aromatic heterocycles. The molecular formula is C21H28N2O2S. The Morgan fingerprint density at radius 3 is 2.27 bits per heavy atom. The topological polar surface area (TPSA) is 49.4 Å². The van der Waals surface area contributed by atoms with Crippen LogP contribution in [0, 0.1) is 0 Å². The molecule has 1 N–H and O–H groups in total. The summed E-state index contributed by atoms with van der Waals surface area (Å²) in [7, 11) is -1.73. The SMILES string of the molecule is CN([C@@H]1CCCC[C@H]1NCCc1ccccc1)S(=O)(=O)c1ccccc1. The van der Waals surface area contributed by atoms with Crippen molar-refractivity contribution in [2.24, 2.45) is 0 Å². The molecule has 2 aromatic carbocycles. The Kier molecular flexibility index (Phi) is 6.46. The van der Waals surface area contributed by atoms with Gasteiger partial charge in [0.25, 0.3) is 0 Å². The minimum Gasteiger partial charge on any atom is -0.312 e. The summed E-state index contributed by atoms with van der Waals surface area (Å²) < 4.78 is 27.5. The fraction of sp³-hybridized carbons (Fsp3) is 0.429. The van der Waals surface area contributed by atoms with Crippen LogP contribution in [0.3, 0.4) is 0 Å². The summed E-state index contributed by atoms with van der Waals surface area (Å²) >= 11 is 0. The van der Waals surface area contributed by atoms with Crippen molar-refractivity contribution in [1.82, 2.24) is 9.62 Å². The first-order chi connectivity index (χ1) is 12.6. The molecule has 1 aliphatic rings. The quantitative estimate of drug-likeness (QED) is 0.810. The second-order valence-electron chi connectivity index (χ2n) is 6.98. The van der Waals surface area contributed by atoms with Crippen molar-refractivity contribution >= 4 is 10.0 Å². The van der Waals surface area contributed by atoms with Crippen LogP contribution in [0.5, 0.6) is 0 Å². The van der Waals surface area contributed by atoms with Gasteiger partial charge in [-0.05, 0) is 43.5 Å². The standard InChI is InChI=1S/C21H28N2O2S/c1-23(26(24,25)19-12-6-3-7-13-19)21-15-9-8-14-20(21)22-17-16-18-10-4-2-5-11-18/h2-7,10-13,20-22H,8-9,14-17H2,1H3/t20-,21-/m1/s1. The van der Waals surface area contributed by atoms with Gasteiger partial charge in [0.2, 0.25) is 10.0 Å². The first kappa shape index (κ1) is 19.1. The van der Waals surface area contributed by atoms with Crippen LogP contribution in [0.15, 0.2) is 65.6 Å². The minimum absolute atomic E-state index is 0.00438. The van der Waals surface area contributed by atoms with Gasteiger partial charge in [-0.25, -0.2) is 8.42 Å². The first-order valence-corrected chi connectivity index (χ1v) is 10.8. The van der Waals surface area contributed by atoms with Crippen molar-refractivity contribution in [3.63, 3.8) is 0 Å². The summed E-state index contributed by atoms with van der Waals surface area (Å²) in [5.74, 6) is 0. The van der Waals surface area contributed by atoms with Gasteiger partial charge < -0.3 is 5.32 Å². The Morgan fingerprint density at radius 1 is 0.962 bits per heavy atom. The van der Waals surface area contributed by atoms with Crippen molar-refractivity contribution < 1.29 is 8.42 Å². The summed E-state index contributed by atoms with van der Waals surface area (Å²) in [4.78, 5) is 0.371. The molecule has 2 aromatic rings. The van der Waals surface area contributed by atoms with Crippen LogP contribution in [0.4, 0.5) is 0 Å². The molecular weight excluding hydrogens is 344 g/mol. The molecule has 0 radical (unpaired) electrons. The van der Waals surface area contributed by atoms with Crippen LogP contribution in [-0.4, -0.2) is 38.4 Å². The third-order valence-electron chi connectivity index (χ3n) is 5.28. The lowest BCUT2D eigenvalue weighted by atomic mass is 9.90. The highest BCUT2D eigenvalue weighted by molar-refractivity contribution is 7.89. The zero-order valence-corrected chi connectivity index (χ0v) is 16.2. The van der Waals surface area contributed by atoms with Crippen LogP contribution in [0.1, 0.15) is 31.2 Å². The maximum atomic E-state index is 13.0. The number of rotatable bonds is 7. The Balaban J connectivity index is 1.66. The summed E-state index contributed by atoms with van der Waals surface area (Å²) in [5, 5.41) is 3.62. The molecule has 0 heterocycles. The van der Waals surface area contributed by atoms with Crippen LogP contribution in [0.25, 0.3) is 0 Å². The van der Waals surface area contributed by atoms with Gasteiger partial charge in [0.1, 0.15) is 0 Å². The largest absolute Gasteiger partial charge is 0.312 e. The number of sulfonamides is 1. The highest BCUT2D eigenvalue weighted by Crippen LogP contribution is 2.27. The third kappa shape index (κ3) is 4.53. The molecule has 3 rings (SSSR count). The van der Waals surface area contributed by atoms with Crippen molar-refractivity contribution in [2.75, 3.05) is 13.6 Å². The van der Waals surface area contributed by atoms with Gasteiger partial charge in [0.05, 0.1) is 4.90 Å². The van der Waals surface area contributed by atoms with Crippen LogP contribution in [0.2, 0.25) is 0 Å². The van der Waals surface area contributed by atoms with Gasteiger partial charge in [-0.1, -0.05) is 61.4 Å². The smallest absolute Gasteiger partial charge is 0.243 e. The molecule has 26 heavy (non-hydrogen) atoms. The average Bonchev–Trinajstić information content (AvgIpc) is 2.69. The Labute approximate surface area is 157 Å². The van der Waals surface area contributed by atoms with Crippen LogP contribution in [-0.2, 0) is 16.4 Å². The fourth-order valence-corrected chi connectivity index (χ4v) is 5.21. The van der Waals surface area contributed by atoms with Crippen molar-refractivity contribution in [3.05, 3.63) is 66.2 Å². The molecule has 1 fully saturated rings. The predicted octanol–water partition coefficient (Wildman–Crippen LogP) is 3.45. The van der Waals surface area contributed by atoms with Gasteiger partial charge in [-0.2, -0.15) is 4.31 Å². The lowest BCUT2D eigenvalue weighted by Crippen LogP contribution is -2.52. The first-order valence-electron chi connectivity index (χ1n) is 9.39. The van der Waals surface area contributed by atoms with Crippen LogP contribution < -0.4 is 5.32 Å². The van der Waals surface area contributed by atoms with E-state index in [9.17, 15) is 8.42 Å². The molecule has 0 aliphatic heterocycles. The average molecular weight is 373 g/mol. The molecule has 4 nitrogen and oxygen atoms in total. The summed E-state index contributed by atoms with van der Waals surface area (Å²) in [6, 6.07) is 19.3. The number of hydrogen-bond acceptors (Lipinski definition) is 3. The highest BCUT2D eigenvalue weighted by Gasteiger charge is 2.34. The molecule has 0 spiro atoms. The van der Waals surface area contributed by atoms with Gasteiger partial charge in [0, 0.05) is 19.1 Å². The van der Waals surface area contributed by atoms with Crippen LogP contribution >= 0.6 is 0 Å². The number of likely N-dealkylation sites (N-methyl/N-ethyl adjacent to an activating group) is 1. The molecule has 1 saturated carbocycles. The lowest BCUT2D eigenvalue weighted by molar-refractivity contribution is 0.222. The number of benzene rings is 2. The highest BCUT2D eigenvalue weighted by atomic mass is 32.2. The lowest BCUT2D eigenvalue weighted by Gasteiger charge is -2.37. The van der Waals surface area contributed by atoms with E-state index in [0.29, 0.717) is 4.90 Å². The maximum Gasteiger partial charge on any atom is 0.243 e. The van der Waals surface area contributed by atoms with E-state index in [2.05, 4.69) is 29.6 Å². The summed E-state index contributed by atoms with van der Waals surface area (Å²) in [6.45, 7) is 0.865. The predicted molar refractivity (Wildman–Crippen MR) is 106 cm³/mol. The van der Waals surface area contributed by atoms with Gasteiger partial charge in [-0.3, -0.25) is 0 Å². The molecule has 0 saturated heterocycles. The number of nitrogens with zero attached hydrogens (tertiary/aromatic N) is 1. The molecule has 0 bridgehead atoms. The Morgan fingerprint density at radius 2 is 1.58 bits per heavy atom. The molecule has 140 valence electrons.